The summed E-state index contributed by atoms with van der Waals surface area (Å²) in [6, 6.07) is 9.81. The van der Waals surface area contributed by atoms with Crippen LogP contribution in [0.5, 0.6) is 0 Å². The lowest BCUT2D eigenvalue weighted by Gasteiger charge is -2.34. The van der Waals surface area contributed by atoms with Gasteiger partial charge >= 0.3 is 0 Å². The molecule has 1 unspecified atom stereocenters. The van der Waals surface area contributed by atoms with Gasteiger partial charge in [-0.2, -0.15) is 5.10 Å². The minimum absolute atomic E-state index is 0.0428. The lowest BCUT2D eigenvalue weighted by molar-refractivity contribution is 0.0600. The Labute approximate surface area is 152 Å². The van der Waals surface area contributed by atoms with E-state index in [1.54, 1.807) is 4.68 Å². The van der Waals surface area contributed by atoms with E-state index in [1.807, 2.05) is 61.6 Å². The Bertz CT molecular complexity index is 913. The number of carbonyl (C=O) groups excluding carboxylic acids is 1. The number of aryl methyl sites for hydroxylation is 1. The second-order valence-electron chi connectivity index (χ2n) is 6.81. The van der Waals surface area contributed by atoms with Gasteiger partial charge in [-0.3, -0.25) is 9.48 Å². The molecule has 134 valence electrons. The number of amides is 1. The molecule has 2 aromatic heterocycles. The van der Waals surface area contributed by atoms with Crippen LogP contribution < -0.4 is 0 Å². The van der Waals surface area contributed by atoms with Crippen molar-refractivity contribution >= 4 is 5.91 Å². The first kappa shape index (κ1) is 16.6. The van der Waals surface area contributed by atoms with E-state index in [-0.39, 0.29) is 11.9 Å². The summed E-state index contributed by atoms with van der Waals surface area (Å²) in [5.74, 6) is 0.589. The summed E-state index contributed by atoms with van der Waals surface area (Å²) in [7, 11) is 1.90. The summed E-state index contributed by atoms with van der Waals surface area (Å²) in [4.78, 5) is 15.1. The molecular formula is C20H22N4O2. The van der Waals surface area contributed by atoms with E-state index in [4.69, 9.17) is 4.52 Å². The number of nitrogens with zero attached hydrogens (tertiary/aromatic N) is 4. The number of rotatable bonds is 3. The highest BCUT2D eigenvalue weighted by molar-refractivity contribution is 5.95. The van der Waals surface area contributed by atoms with Crippen LogP contribution in [0.15, 0.2) is 47.2 Å². The van der Waals surface area contributed by atoms with Crippen LogP contribution in [0.3, 0.4) is 0 Å². The van der Waals surface area contributed by atoms with Crippen LogP contribution in [0.1, 0.15) is 46.9 Å². The third kappa shape index (κ3) is 2.92. The van der Waals surface area contributed by atoms with Gasteiger partial charge < -0.3 is 9.42 Å². The molecule has 0 N–H and O–H groups in total. The molecule has 3 aromatic rings. The van der Waals surface area contributed by atoms with Crippen LogP contribution in [0.25, 0.3) is 11.3 Å². The average molecular weight is 350 g/mol. The zero-order valence-corrected chi connectivity index (χ0v) is 15.1. The van der Waals surface area contributed by atoms with Crippen molar-refractivity contribution in [3.05, 3.63) is 59.5 Å². The van der Waals surface area contributed by atoms with Crippen LogP contribution in [-0.2, 0) is 7.05 Å². The third-order valence-electron chi connectivity index (χ3n) is 5.04. The molecular weight excluding hydrogens is 328 g/mol. The smallest absolute Gasteiger partial charge is 0.276 e. The van der Waals surface area contributed by atoms with Gasteiger partial charge in [0.05, 0.1) is 12.2 Å². The van der Waals surface area contributed by atoms with Gasteiger partial charge in [-0.25, -0.2) is 0 Å². The van der Waals surface area contributed by atoms with Gasteiger partial charge in [-0.15, -0.1) is 0 Å². The quantitative estimate of drug-likeness (QED) is 0.722. The minimum Gasteiger partial charge on any atom is -0.355 e. The molecule has 0 spiro atoms. The lowest BCUT2D eigenvalue weighted by atomic mass is 9.96. The van der Waals surface area contributed by atoms with E-state index in [2.05, 4.69) is 10.3 Å². The highest BCUT2D eigenvalue weighted by atomic mass is 16.5. The highest BCUT2D eigenvalue weighted by Gasteiger charge is 2.32. The predicted molar refractivity (Wildman–Crippen MR) is 97.5 cm³/mol. The zero-order valence-electron chi connectivity index (χ0n) is 15.1. The fourth-order valence-electron chi connectivity index (χ4n) is 3.66. The summed E-state index contributed by atoms with van der Waals surface area (Å²) >= 11 is 0. The van der Waals surface area contributed by atoms with E-state index >= 15 is 0 Å². The fourth-order valence-corrected chi connectivity index (χ4v) is 3.66. The molecule has 0 bridgehead atoms. The number of aromatic nitrogens is 3. The molecule has 1 aliphatic rings. The first-order valence-corrected chi connectivity index (χ1v) is 8.96. The maximum atomic E-state index is 13.2. The number of carbonyl (C=O) groups is 1. The molecule has 1 aliphatic heterocycles. The fraction of sp³-hybridized carbons (Fsp3) is 0.350. The number of hydrogen-bond acceptors (Lipinski definition) is 4. The first-order chi connectivity index (χ1) is 12.6. The molecule has 0 radical (unpaired) electrons. The topological polar surface area (TPSA) is 64.2 Å². The van der Waals surface area contributed by atoms with Gasteiger partial charge in [0.2, 0.25) is 0 Å². The Morgan fingerprint density at radius 3 is 2.77 bits per heavy atom. The first-order valence-electron chi connectivity index (χ1n) is 8.96. The van der Waals surface area contributed by atoms with Crippen LogP contribution in [0.4, 0.5) is 0 Å². The normalized spacial score (nSPS) is 17.5. The Hall–Kier alpha value is -2.89. The molecule has 1 aromatic carbocycles. The Kier molecular flexibility index (Phi) is 4.32. The monoisotopic (exact) mass is 350 g/mol. The van der Waals surface area contributed by atoms with E-state index < -0.39 is 0 Å². The molecule has 0 aliphatic carbocycles. The molecule has 26 heavy (non-hydrogen) atoms. The molecule has 0 saturated carbocycles. The molecule has 1 amide bonds. The standard InChI is InChI=1S/C20H22N4O2/c1-14-18(22-26-19(14)15-8-4-3-5-9-15)20(25)24-11-7-6-10-17(24)16-12-21-23(2)13-16/h3-5,8-9,12-13,17H,6-7,10-11H2,1-2H3. The molecule has 1 fully saturated rings. The Balaban J connectivity index is 1.65. The van der Waals surface area contributed by atoms with Crippen molar-refractivity contribution in [3.63, 3.8) is 0 Å². The summed E-state index contributed by atoms with van der Waals surface area (Å²) < 4.78 is 7.30. The van der Waals surface area contributed by atoms with E-state index in [9.17, 15) is 4.79 Å². The maximum absolute atomic E-state index is 13.2. The van der Waals surface area contributed by atoms with Crippen molar-refractivity contribution in [2.75, 3.05) is 6.54 Å². The Morgan fingerprint density at radius 2 is 2.04 bits per heavy atom. The molecule has 4 rings (SSSR count). The van der Waals surface area contributed by atoms with Gasteiger partial charge in [0.15, 0.2) is 11.5 Å². The van der Waals surface area contributed by atoms with Crippen LogP contribution in [0.2, 0.25) is 0 Å². The minimum atomic E-state index is -0.0676. The summed E-state index contributed by atoms with van der Waals surface area (Å²) in [5.41, 5.74) is 3.19. The SMILES string of the molecule is Cc1c(C(=O)N2CCCCC2c2cnn(C)c2)noc1-c1ccccc1. The summed E-state index contributed by atoms with van der Waals surface area (Å²) in [6.07, 6.45) is 6.89. The second-order valence-corrected chi connectivity index (χ2v) is 6.81. The average Bonchev–Trinajstić information content (AvgIpc) is 3.28. The van der Waals surface area contributed by atoms with Gasteiger partial charge in [0, 0.05) is 36.5 Å². The third-order valence-corrected chi connectivity index (χ3v) is 5.04. The Morgan fingerprint density at radius 1 is 1.23 bits per heavy atom. The predicted octanol–water partition coefficient (Wildman–Crippen LogP) is 3.75. The molecule has 3 heterocycles. The van der Waals surface area contributed by atoms with Crippen LogP contribution in [0, 0.1) is 6.92 Å². The van der Waals surface area contributed by atoms with Crippen molar-refractivity contribution < 1.29 is 9.32 Å². The molecule has 6 heteroatoms. The number of piperidine rings is 1. The van der Waals surface area contributed by atoms with Crippen molar-refractivity contribution in [1.29, 1.82) is 0 Å². The molecule has 1 atom stereocenters. The second kappa shape index (κ2) is 6.78. The van der Waals surface area contributed by atoms with Crippen molar-refractivity contribution in [2.24, 2.45) is 7.05 Å². The largest absolute Gasteiger partial charge is 0.355 e. The van der Waals surface area contributed by atoms with E-state index in [0.29, 0.717) is 11.5 Å². The van der Waals surface area contributed by atoms with Gasteiger partial charge in [0.1, 0.15) is 0 Å². The van der Waals surface area contributed by atoms with E-state index in [0.717, 1.165) is 42.5 Å². The van der Waals surface area contributed by atoms with Crippen LogP contribution in [-0.4, -0.2) is 32.3 Å². The summed E-state index contributed by atoms with van der Waals surface area (Å²) in [6.45, 7) is 2.63. The number of hydrogen-bond donors (Lipinski definition) is 0. The van der Waals surface area contributed by atoms with Crippen molar-refractivity contribution in [1.82, 2.24) is 19.8 Å². The zero-order chi connectivity index (χ0) is 18.1. The van der Waals surface area contributed by atoms with Gasteiger partial charge in [-0.1, -0.05) is 35.5 Å². The maximum Gasteiger partial charge on any atom is 0.276 e. The molecule has 1 saturated heterocycles. The van der Waals surface area contributed by atoms with Crippen LogP contribution >= 0.6 is 0 Å². The highest BCUT2D eigenvalue weighted by Crippen LogP contribution is 2.33. The van der Waals surface area contributed by atoms with E-state index in [1.165, 1.54) is 0 Å². The van der Waals surface area contributed by atoms with Gasteiger partial charge in [-0.05, 0) is 26.2 Å². The summed E-state index contributed by atoms with van der Waals surface area (Å²) in [5, 5.41) is 8.38. The molecule has 6 nitrogen and oxygen atoms in total. The number of likely N-dealkylation sites (tertiary alicyclic amines) is 1. The lowest BCUT2D eigenvalue weighted by Crippen LogP contribution is -2.38. The van der Waals surface area contributed by atoms with Crippen molar-refractivity contribution in [2.45, 2.75) is 32.2 Å². The van der Waals surface area contributed by atoms with Crippen molar-refractivity contribution in [3.8, 4) is 11.3 Å². The van der Waals surface area contributed by atoms with Gasteiger partial charge in [0.25, 0.3) is 5.91 Å². The number of benzene rings is 1.